The largest absolute Gasteiger partial charge is 0.424 e. The molecule has 160 valence electrons. The average Bonchev–Trinajstić information content (AvgIpc) is 2.85. The van der Waals surface area contributed by atoms with E-state index in [4.69, 9.17) is 4.74 Å². The maximum absolute atomic E-state index is 13.4. The number of aromatic nitrogens is 2. The molecule has 4 aromatic rings. The third-order valence-electron chi connectivity index (χ3n) is 6.01. The van der Waals surface area contributed by atoms with Crippen LogP contribution in [0.1, 0.15) is 28.8 Å². The molecule has 5 nitrogen and oxygen atoms in total. The fourth-order valence-electron chi connectivity index (χ4n) is 4.44. The molecule has 1 aliphatic rings. The fourth-order valence-corrected chi connectivity index (χ4v) is 4.44. The summed E-state index contributed by atoms with van der Waals surface area (Å²) in [6, 6.07) is 24.3. The number of likely N-dealkylation sites (tertiary alicyclic amines) is 1. The van der Waals surface area contributed by atoms with Crippen LogP contribution in [0.15, 0.2) is 85.2 Å². The Morgan fingerprint density at radius 3 is 2.56 bits per heavy atom. The molecule has 0 N–H and O–H groups in total. The van der Waals surface area contributed by atoms with E-state index in [1.165, 1.54) is 5.56 Å². The molecule has 1 fully saturated rings. The Kier molecular flexibility index (Phi) is 5.90. The SMILES string of the molecule is O=C(c1cccc2ccccc12)[C@H]1CCCN(Cc2ccc(Oc3ncccn3)cc2)C1. The van der Waals surface area contributed by atoms with Crippen LogP contribution in [0.5, 0.6) is 11.8 Å². The zero-order valence-corrected chi connectivity index (χ0v) is 17.9. The summed E-state index contributed by atoms with van der Waals surface area (Å²) in [6.07, 6.45) is 5.29. The van der Waals surface area contributed by atoms with Gasteiger partial charge in [0.05, 0.1) is 0 Å². The van der Waals surface area contributed by atoms with Gasteiger partial charge in [0.25, 0.3) is 0 Å². The lowest BCUT2D eigenvalue weighted by atomic mass is 9.88. The summed E-state index contributed by atoms with van der Waals surface area (Å²) in [5, 5.41) is 2.17. The molecular formula is C27H25N3O2. The predicted molar refractivity (Wildman–Crippen MR) is 125 cm³/mol. The smallest absolute Gasteiger partial charge is 0.321 e. The van der Waals surface area contributed by atoms with E-state index in [1.807, 2.05) is 42.5 Å². The van der Waals surface area contributed by atoms with E-state index in [-0.39, 0.29) is 11.7 Å². The van der Waals surface area contributed by atoms with Crippen LogP contribution >= 0.6 is 0 Å². The van der Waals surface area contributed by atoms with Gasteiger partial charge in [-0.05, 0) is 53.9 Å². The highest BCUT2D eigenvalue weighted by molar-refractivity contribution is 6.09. The van der Waals surface area contributed by atoms with Gasteiger partial charge in [-0.1, -0.05) is 54.6 Å². The molecule has 0 unspecified atom stereocenters. The van der Waals surface area contributed by atoms with Crippen molar-refractivity contribution in [1.29, 1.82) is 0 Å². The molecule has 0 spiro atoms. The number of ketones is 1. The Bertz CT molecular complexity index is 1200. The Labute approximate surface area is 187 Å². The van der Waals surface area contributed by atoms with Crippen LogP contribution in [-0.2, 0) is 6.54 Å². The molecule has 0 saturated carbocycles. The minimum Gasteiger partial charge on any atom is -0.424 e. The third kappa shape index (κ3) is 4.53. The lowest BCUT2D eigenvalue weighted by Gasteiger charge is -2.32. The number of piperidine rings is 1. The first-order valence-electron chi connectivity index (χ1n) is 11.0. The van der Waals surface area contributed by atoms with Crippen LogP contribution in [0.25, 0.3) is 10.8 Å². The summed E-state index contributed by atoms with van der Waals surface area (Å²) >= 11 is 0. The monoisotopic (exact) mass is 423 g/mol. The van der Waals surface area contributed by atoms with Crippen LogP contribution in [0, 0.1) is 5.92 Å². The maximum Gasteiger partial charge on any atom is 0.321 e. The van der Waals surface area contributed by atoms with E-state index in [9.17, 15) is 4.79 Å². The highest BCUT2D eigenvalue weighted by atomic mass is 16.5. The van der Waals surface area contributed by atoms with Crippen LogP contribution < -0.4 is 4.74 Å². The van der Waals surface area contributed by atoms with Crippen molar-refractivity contribution in [2.45, 2.75) is 19.4 Å². The van der Waals surface area contributed by atoms with Gasteiger partial charge in [0.1, 0.15) is 5.75 Å². The Morgan fingerprint density at radius 2 is 1.72 bits per heavy atom. The van der Waals surface area contributed by atoms with Crippen molar-refractivity contribution in [3.8, 4) is 11.8 Å². The molecule has 1 saturated heterocycles. The van der Waals surface area contributed by atoms with E-state index in [2.05, 4.69) is 39.1 Å². The normalized spacial score (nSPS) is 16.7. The Morgan fingerprint density at radius 1 is 0.938 bits per heavy atom. The molecule has 1 aromatic heterocycles. The second-order valence-electron chi connectivity index (χ2n) is 8.24. The van der Waals surface area contributed by atoms with Gasteiger partial charge in [0, 0.05) is 37.0 Å². The molecule has 1 aliphatic heterocycles. The number of Topliss-reactive ketones (excluding diaryl/α,β-unsaturated/α-hetero) is 1. The van der Waals surface area contributed by atoms with E-state index < -0.39 is 0 Å². The second kappa shape index (κ2) is 9.28. The van der Waals surface area contributed by atoms with Gasteiger partial charge in [0.2, 0.25) is 0 Å². The van der Waals surface area contributed by atoms with Crippen molar-refractivity contribution in [2.24, 2.45) is 5.92 Å². The van der Waals surface area contributed by atoms with E-state index in [1.54, 1.807) is 18.5 Å². The lowest BCUT2D eigenvalue weighted by molar-refractivity contribution is 0.0813. The Balaban J connectivity index is 1.24. The van der Waals surface area contributed by atoms with E-state index >= 15 is 0 Å². The molecule has 32 heavy (non-hydrogen) atoms. The number of benzene rings is 3. The number of rotatable bonds is 6. The first-order chi connectivity index (χ1) is 15.8. The zero-order chi connectivity index (χ0) is 21.8. The van der Waals surface area contributed by atoms with Crippen molar-refractivity contribution in [3.63, 3.8) is 0 Å². The van der Waals surface area contributed by atoms with Crippen molar-refractivity contribution in [2.75, 3.05) is 13.1 Å². The summed E-state index contributed by atoms with van der Waals surface area (Å²) in [4.78, 5) is 23.9. The molecular weight excluding hydrogens is 398 g/mol. The second-order valence-corrected chi connectivity index (χ2v) is 8.24. The number of hydrogen-bond acceptors (Lipinski definition) is 5. The molecule has 0 bridgehead atoms. The van der Waals surface area contributed by atoms with Crippen LogP contribution in [-0.4, -0.2) is 33.7 Å². The number of fused-ring (bicyclic) bond motifs is 1. The number of nitrogens with zero attached hydrogens (tertiary/aromatic N) is 3. The van der Waals surface area contributed by atoms with Gasteiger partial charge in [-0.3, -0.25) is 9.69 Å². The van der Waals surface area contributed by atoms with Crippen LogP contribution in [0.4, 0.5) is 0 Å². The molecule has 2 heterocycles. The maximum atomic E-state index is 13.4. The van der Waals surface area contributed by atoms with Crippen molar-refractivity contribution in [1.82, 2.24) is 14.9 Å². The number of carbonyl (C=O) groups excluding carboxylic acids is 1. The lowest BCUT2D eigenvalue weighted by Crippen LogP contribution is -2.38. The minimum absolute atomic E-state index is 0.0346. The predicted octanol–water partition coefficient (Wildman–Crippen LogP) is 5.52. The third-order valence-corrected chi connectivity index (χ3v) is 6.01. The first kappa shape index (κ1) is 20.3. The number of ether oxygens (including phenoxy) is 1. The Hall–Kier alpha value is -3.57. The first-order valence-corrected chi connectivity index (χ1v) is 11.0. The molecule has 0 radical (unpaired) electrons. The highest BCUT2D eigenvalue weighted by Gasteiger charge is 2.27. The minimum atomic E-state index is 0.0346. The topological polar surface area (TPSA) is 55.3 Å². The van der Waals surface area contributed by atoms with Crippen LogP contribution in [0.2, 0.25) is 0 Å². The van der Waals surface area contributed by atoms with Gasteiger partial charge in [-0.25, -0.2) is 9.97 Å². The molecule has 3 aromatic carbocycles. The fraction of sp³-hybridized carbons (Fsp3) is 0.222. The van der Waals surface area contributed by atoms with Crippen LogP contribution in [0.3, 0.4) is 0 Å². The van der Waals surface area contributed by atoms with Gasteiger partial charge in [-0.15, -0.1) is 0 Å². The van der Waals surface area contributed by atoms with Gasteiger partial charge >= 0.3 is 6.01 Å². The van der Waals surface area contributed by atoms with Gasteiger partial charge in [-0.2, -0.15) is 0 Å². The summed E-state index contributed by atoms with van der Waals surface area (Å²) in [5.74, 6) is 1.01. The van der Waals surface area contributed by atoms with E-state index in [0.717, 1.165) is 48.8 Å². The average molecular weight is 424 g/mol. The molecule has 0 amide bonds. The summed E-state index contributed by atoms with van der Waals surface area (Å²) in [6.45, 7) is 2.62. The van der Waals surface area contributed by atoms with Gasteiger partial charge in [0.15, 0.2) is 5.78 Å². The molecule has 0 aliphatic carbocycles. The summed E-state index contributed by atoms with van der Waals surface area (Å²) in [5.41, 5.74) is 2.05. The molecule has 5 rings (SSSR count). The standard InChI is InChI=1S/C27H25N3O2/c31-26(25-10-3-7-21-6-1-2-9-24(21)25)22-8-4-17-30(19-22)18-20-11-13-23(14-12-20)32-27-28-15-5-16-29-27/h1-3,5-7,9-16,22H,4,8,17-19H2/t22-/m0/s1. The zero-order valence-electron chi connectivity index (χ0n) is 17.9. The summed E-state index contributed by atoms with van der Waals surface area (Å²) < 4.78 is 5.68. The summed E-state index contributed by atoms with van der Waals surface area (Å²) in [7, 11) is 0. The molecule has 1 atom stereocenters. The van der Waals surface area contributed by atoms with Crippen molar-refractivity contribution >= 4 is 16.6 Å². The van der Waals surface area contributed by atoms with Gasteiger partial charge < -0.3 is 4.74 Å². The number of carbonyl (C=O) groups is 1. The molecule has 5 heteroatoms. The van der Waals surface area contributed by atoms with Crippen molar-refractivity contribution in [3.05, 3.63) is 96.3 Å². The highest BCUT2D eigenvalue weighted by Crippen LogP contribution is 2.27. The number of hydrogen-bond donors (Lipinski definition) is 0. The van der Waals surface area contributed by atoms with E-state index in [0.29, 0.717) is 11.8 Å². The van der Waals surface area contributed by atoms with Crippen molar-refractivity contribution < 1.29 is 9.53 Å². The quantitative estimate of drug-likeness (QED) is 0.382.